The Bertz CT molecular complexity index is 1640. The first-order valence-electron chi connectivity index (χ1n) is 21.0. The average Bonchev–Trinajstić information content (AvgIpc) is 3.30. The van der Waals surface area contributed by atoms with Gasteiger partial charge in [-0.1, -0.05) is 0 Å². The minimum atomic E-state index is -3.18. The van der Waals surface area contributed by atoms with Crippen molar-refractivity contribution in [3.63, 3.8) is 0 Å². The lowest BCUT2D eigenvalue weighted by molar-refractivity contribution is -0.388. The molecule has 0 spiro atoms. The van der Waals surface area contributed by atoms with Crippen molar-refractivity contribution >= 4 is 24.1 Å². The van der Waals surface area contributed by atoms with Crippen LogP contribution in [0.5, 0.6) is 0 Å². The van der Waals surface area contributed by atoms with Gasteiger partial charge in [-0.25, -0.2) is 4.79 Å². The molecule has 68 heavy (non-hydrogen) atoms. The topological polar surface area (TPSA) is 510 Å². The van der Waals surface area contributed by atoms with Gasteiger partial charge in [-0.05, 0) is 0 Å². The van der Waals surface area contributed by atoms with E-state index in [0.717, 1.165) is 13.8 Å². The van der Waals surface area contributed by atoms with Crippen LogP contribution >= 0.6 is 0 Å². The number of rotatable bonds is 22. The minimum absolute atomic E-state index is 0.144. The number of nitrogens with one attached hydrogen (secondary N) is 2. The van der Waals surface area contributed by atoms with Gasteiger partial charge < -0.3 is 140 Å². The van der Waals surface area contributed by atoms with Gasteiger partial charge in [0.25, 0.3) is 5.79 Å². The minimum Gasteiger partial charge on any atom is -0.477 e. The van der Waals surface area contributed by atoms with Crippen molar-refractivity contribution < 1.29 is 144 Å². The molecule has 4 aliphatic rings. The summed E-state index contributed by atoms with van der Waals surface area (Å²) in [6.07, 6.45) is -47.3. The van der Waals surface area contributed by atoms with Crippen LogP contribution in [0.2, 0.25) is 0 Å². The number of aliphatic hydroxyl groups excluding tert-OH is 16. The highest BCUT2D eigenvalue weighted by Gasteiger charge is 2.61. The van der Waals surface area contributed by atoms with Crippen LogP contribution in [0.4, 0.5) is 0 Å². The molecule has 31 nitrogen and oxygen atoms in total. The highest BCUT2D eigenvalue weighted by Crippen LogP contribution is 2.39. The monoisotopic (exact) mass is 998 g/mol. The summed E-state index contributed by atoms with van der Waals surface area (Å²) in [6, 6.07) is -3.51. The molecule has 394 valence electrons. The summed E-state index contributed by atoms with van der Waals surface area (Å²) >= 11 is 0. The number of aliphatic hydroxyl groups is 16. The third kappa shape index (κ3) is 12.8. The van der Waals surface area contributed by atoms with E-state index in [4.69, 9.17) is 37.9 Å². The highest BCUT2D eigenvalue weighted by molar-refractivity contribution is 5.76. The van der Waals surface area contributed by atoms with E-state index in [-0.39, 0.29) is 6.29 Å². The fourth-order valence-electron chi connectivity index (χ4n) is 8.08. The quantitative estimate of drug-likeness (QED) is 0.0448. The van der Waals surface area contributed by atoms with Crippen molar-refractivity contribution in [2.75, 3.05) is 33.0 Å². The second-order valence-electron chi connectivity index (χ2n) is 16.5. The molecule has 4 saturated heterocycles. The number of carbonyl (C=O) groups is 4. The SMILES string of the molecule is CC(=O)NC1C(OC2C(O)C(CO)OC(OC(C(O)CO)C(O)C(O)C=O)C2O)OC(CO)C(OC2OC(CO)C(O)C(OC3(C(=O)O)CC(O)C(NC(C)=O)C(C(O)C(O)CO)O3)C2O)C1O. The van der Waals surface area contributed by atoms with Crippen molar-refractivity contribution in [1.82, 2.24) is 10.6 Å². The van der Waals surface area contributed by atoms with Crippen molar-refractivity contribution in [3.05, 3.63) is 0 Å². The third-order valence-corrected chi connectivity index (χ3v) is 11.6. The van der Waals surface area contributed by atoms with Crippen LogP contribution in [0.25, 0.3) is 0 Å². The van der Waals surface area contributed by atoms with Gasteiger partial charge in [-0.3, -0.25) is 9.59 Å². The van der Waals surface area contributed by atoms with Gasteiger partial charge in [-0.15, -0.1) is 0 Å². The first-order chi connectivity index (χ1) is 31.9. The predicted molar refractivity (Wildman–Crippen MR) is 208 cm³/mol. The van der Waals surface area contributed by atoms with Gasteiger partial charge >= 0.3 is 5.97 Å². The Hall–Kier alpha value is -2.88. The fourth-order valence-corrected chi connectivity index (χ4v) is 8.08. The number of amides is 2. The molecular weight excluding hydrogens is 936 g/mol. The first kappa shape index (κ1) is 57.7. The molecule has 0 saturated carbocycles. The maximum Gasteiger partial charge on any atom is 0.364 e. The van der Waals surface area contributed by atoms with Gasteiger partial charge in [0.2, 0.25) is 11.8 Å². The van der Waals surface area contributed by atoms with Gasteiger partial charge in [0.15, 0.2) is 25.2 Å². The number of hydrogen-bond acceptors (Lipinski definition) is 28. The number of hydrogen-bond donors (Lipinski definition) is 19. The van der Waals surface area contributed by atoms with Gasteiger partial charge in [0.1, 0.15) is 116 Å². The Morgan fingerprint density at radius 1 is 0.662 bits per heavy atom. The fraction of sp³-hybridized carbons (Fsp3) is 0.892. The molecule has 25 atom stereocenters. The Kier molecular flexibility index (Phi) is 21.2. The first-order valence-corrected chi connectivity index (χ1v) is 21.0. The summed E-state index contributed by atoms with van der Waals surface area (Å²) in [7, 11) is 0. The number of carboxylic acids is 1. The Morgan fingerprint density at radius 3 is 1.68 bits per heavy atom. The van der Waals surface area contributed by atoms with Crippen LogP contribution in [-0.4, -0.2) is 297 Å². The number of carboxylic acid groups (broad SMARTS) is 1. The summed E-state index contributed by atoms with van der Waals surface area (Å²) in [5.41, 5.74) is 0. The molecule has 0 bridgehead atoms. The van der Waals surface area contributed by atoms with E-state index in [1.54, 1.807) is 0 Å². The van der Waals surface area contributed by atoms with Gasteiger partial charge in [-0.2, -0.15) is 0 Å². The summed E-state index contributed by atoms with van der Waals surface area (Å²) in [6.45, 7) is -3.60. The van der Waals surface area contributed by atoms with Crippen LogP contribution in [0.3, 0.4) is 0 Å². The molecule has 0 aromatic rings. The molecule has 4 fully saturated rings. The predicted octanol–water partition coefficient (Wildman–Crippen LogP) is -12.6. The molecule has 4 heterocycles. The largest absolute Gasteiger partial charge is 0.477 e. The summed E-state index contributed by atoms with van der Waals surface area (Å²) < 4.78 is 45.0. The van der Waals surface area contributed by atoms with E-state index < -0.39 is 210 Å². The second kappa shape index (κ2) is 25.0. The third-order valence-electron chi connectivity index (χ3n) is 11.6. The van der Waals surface area contributed by atoms with Crippen LogP contribution in [0.1, 0.15) is 20.3 Å². The number of aliphatic carboxylic acids is 1. The lowest BCUT2D eigenvalue weighted by Crippen LogP contribution is -2.71. The van der Waals surface area contributed by atoms with Crippen molar-refractivity contribution in [3.8, 4) is 0 Å². The number of aldehydes is 1. The van der Waals surface area contributed by atoms with Crippen LogP contribution < -0.4 is 10.6 Å². The molecule has 0 radical (unpaired) electrons. The summed E-state index contributed by atoms with van der Waals surface area (Å²) in [5.74, 6) is -6.98. The Balaban J connectivity index is 1.64. The summed E-state index contributed by atoms with van der Waals surface area (Å²) in [4.78, 5) is 48.5. The Labute approximate surface area is 384 Å². The molecule has 31 heteroatoms. The Morgan fingerprint density at radius 2 is 1.16 bits per heavy atom. The van der Waals surface area contributed by atoms with Crippen molar-refractivity contribution in [1.29, 1.82) is 0 Å². The molecule has 0 aromatic heterocycles. The molecule has 19 N–H and O–H groups in total. The molecule has 2 amide bonds. The average molecular weight is 999 g/mol. The van der Waals surface area contributed by atoms with E-state index in [1.165, 1.54) is 0 Å². The second-order valence-corrected chi connectivity index (χ2v) is 16.5. The summed E-state index contributed by atoms with van der Waals surface area (Å²) in [5, 5.41) is 184. The van der Waals surface area contributed by atoms with Crippen LogP contribution in [0.15, 0.2) is 0 Å². The van der Waals surface area contributed by atoms with Crippen LogP contribution in [-0.2, 0) is 57.1 Å². The van der Waals surface area contributed by atoms with Gasteiger partial charge in [0, 0.05) is 20.3 Å². The van der Waals surface area contributed by atoms with Gasteiger partial charge in [0.05, 0.1) is 45.2 Å². The van der Waals surface area contributed by atoms with Crippen molar-refractivity contribution in [2.24, 2.45) is 0 Å². The zero-order chi connectivity index (χ0) is 51.1. The molecule has 0 aromatic carbocycles. The molecular formula is C37H62N2O29. The highest BCUT2D eigenvalue weighted by atomic mass is 16.8. The lowest BCUT2D eigenvalue weighted by Gasteiger charge is -2.51. The molecule has 25 unspecified atom stereocenters. The van der Waals surface area contributed by atoms with E-state index >= 15 is 0 Å². The molecule has 4 aliphatic heterocycles. The van der Waals surface area contributed by atoms with Crippen LogP contribution in [0, 0.1) is 0 Å². The normalized spacial score (nSPS) is 41.6. The standard InChI is InChI=1S/C37H62N2O29/c1-10(46)38-19-12(48)3-37(36(59)60,67-30(19)22(53)14(50)5-41)68-32-24(55)17(8-44)62-35(27(32)58)65-29-18(9-45)63-33(20(25(29)56)39-11(2)47)66-31-23(54)16(7-43)61-34(26(31)57)64-28(15(51)6-42)21(52)13(49)4-40/h4,12-35,41-45,48-58H,3,5-9H2,1-2H3,(H,38,46)(H,39,47)(H,59,60). The smallest absolute Gasteiger partial charge is 0.364 e. The molecule has 4 rings (SSSR count). The molecule has 0 aliphatic carbocycles. The van der Waals surface area contributed by atoms with E-state index in [1.807, 2.05) is 0 Å². The van der Waals surface area contributed by atoms with Crippen molar-refractivity contribution in [2.45, 2.75) is 173 Å². The lowest BCUT2D eigenvalue weighted by atomic mass is 9.88. The number of carbonyl (C=O) groups excluding carboxylic acids is 3. The number of ether oxygens (including phenoxy) is 8. The maximum absolute atomic E-state index is 12.9. The van der Waals surface area contributed by atoms with E-state index in [9.17, 15) is 106 Å². The zero-order valence-corrected chi connectivity index (χ0v) is 36.2. The zero-order valence-electron chi connectivity index (χ0n) is 36.2. The van der Waals surface area contributed by atoms with E-state index in [2.05, 4.69) is 10.6 Å². The van der Waals surface area contributed by atoms with E-state index in [0.29, 0.717) is 0 Å². The maximum atomic E-state index is 12.9.